The van der Waals surface area contributed by atoms with E-state index in [1.807, 2.05) is 0 Å². The molecule has 0 amide bonds. The summed E-state index contributed by atoms with van der Waals surface area (Å²) >= 11 is 1.41. The molecule has 0 spiro atoms. The highest BCUT2D eigenvalue weighted by atomic mass is 32.1. The molecule has 1 aromatic heterocycles. The van der Waals surface area contributed by atoms with Gasteiger partial charge in [-0.1, -0.05) is 34.6 Å². The molecule has 0 saturated heterocycles. The van der Waals surface area contributed by atoms with Crippen LogP contribution < -0.4 is 11.1 Å². The lowest BCUT2D eigenvalue weighted by molar-refractivity contribution is 0.528. The van der Waals surface area contributed by atoms with Crippen molar-refractivity contribution in [3.63, 3.8) is 0 Å². The van der Waals surface area contributed by atoms with Gasteiger partial charge >= 0.3 is 0 Å². The SMILES string of the molecule is CC(C)C(CN)Nc1nc(C(C)(C)C)ns1. The van der Waals surface area contributed by atoms with E-state index in [1.165, 1.54) is 11.5 Å². The van der Waals surface area contributed by atoms with Gasteiger partial charge in [-0.2, -0.15) is 4.37 Å². The third kappa shape index (κ3) is 3.42. The first-order valence-corrected chi connectivity index (χ1v) is 6.42. The van der Waals surface area contributed by atoms with Crippen LogP contribution >= 0.6 is 11.5 Å². The Kier molecular flexibility index (Phi) is 4.27. The predicted octanol–water partition coefficient (Wildman–Crippen LogP) is 2.23. The largest absolute Gasteiger partial charge is 0.356 e. The first kappa shape index (κ1) is 13.4. The van der Waals surface area contributed by atoms with Gasteiger partial charge in [0.1, 0.15) is 5.82 Å². The minimum atomic E-state index is 0.00642. The molecule has 0 radical (unpaired) electrons. The van der Waals surface area contributed by atoms with E-state index in [0.29, 0.717) is 12.5 Å². The Labute approximate surface area is 102 Å². The van der Waals surface area contributed by atoms with Crippen LogP contribution in [0.15, 0.2) is 0 Å². The van der Waals surface area contributed by atoms with Gasteiger partial charge in [-0.15, -0.1) is 0 Å². The number of hydrogen-bond donors (Lipinski definition) is 2. The summed E-state index contributed by atoms with van der Waals surface area (Å²) in [5.41, 5.74) is 5.71. The van der Waals surface area contributed by atoms with Crippen molar-refractivity contribution in [1.82, 2.24) is 9.36 Å². The fourth-order valence-electron chi connectivity index (χ4n) is 1.24. The zero-order valence-corrected chi connectivity index (χ0v) is 11.6. The molecule has 0 fully saturated rings. The first-order valence-electron chi connectivity index (χ1n) is 5.65. The van der Waals surface area contributed by atoms with Crippen LogP contribution in [0, 0.1) is 5.92 Å². The average Bonchev–Trinajstić information content (AvgIpc) is 2.61. The third-order valence-corrected chi connectivity index (χ3v) is 3.11. The normalized spacial score (nSPS) is 14.2. The number of aromatic nitrogens is 2. The quantitative estimate of drug-likeness (QED) is 0.850. The van der Waals surface area contributed by atoms with Crippen LogP contribution in [-0.4, -0.2) is 21.9 Å². The summed E-state index contributed by atoms with van der Waals surface area (Å²) in [7, 11) is 0. The number of nitrogens with two attached hydrogens (primary N) is 1. The molecular formula is C11H22N4S. The topological polar surface area (TPSA) is 63.8 Å². The molecule has 0 saturated carbocycles. The van der Waals surface area contributed by atoms with Gasteiger partial charge in [-0.25, -0.2) is 4.98 Å². The third-order valence-electron chi connectivity index (χ3n) is 2.46. The van der Waals surface area contributed by atoms with Gasteiger partial charge in [0.15, 0.2) is 0 Å². The van der Waals surface area contributed by atoms with Crippen molar-refractivity contribution in [3.05, 3.63) is 5.82 Å². The maximum Gasteiger partial charge on any atom is 0.202 e. The molecule has 16 heavy (non-hydrogen) atoms. The minimum Gasteiger partial charge on any atom is -0.356 e. The van der Waals surface area contributed by atoms with Gasteiger partial charge in [0.2, 0.25) is 5.13 Å². The maximum atomic E-state index is 5.71. The number of nitrogens with zero attached hydrogens (tertiary/aromatic N) is 2. The fourth-order valence-corrected chi connectivity index (χ4v) is 2.06. The van der Waals surface area contributed by atoms with Crippen molar-refractivity contribution in [3.8, 4) is 0 Å². The molecule has 0 aromatic carbocycles. The lowest BCUT2D eigenvalue weighted by Gasteiger charge is -2.19. The van der Waals surface area contributed by atoms with Crippen molar-refractivity contribution >= 4 is 16.7 Å². The van der Waals surface area contributed by atoms with E-state index in [2.05, 4.69) is 49.3 Å². The van der Waals surface area contributed by atoms with Crippen LogP contribution in [0.4, 0.5) is 5.13 Å². The van der Waals surface area contributed by atoms with E-state index in [-0.39, 0.29) is 11.5 Å². The molecule has 5 heteroatoms. The number of hydrogen-bond acceptors (Lipinski definition) is 5. The lowest BCUT2D eigenvalue weighted by Crippen LogP contribution is -2.33. The molecule has 0 aliphatic carbocycles. The maximum absolute atomic E-state index is 5.71. The highest BCUT2D eigenvalue weighted by Crippen LogP contribution is 2.23. The highest BCUT2D eigenvalue weighted by molar-refractivity contribution is 7.09. The van der Waals surface area contributed by atoms with Gasteiger partial charge in [-0.3, -0.25) is 0 Å². The molecule has 4 nitrogen and oxygen atoms in total. The Balaban J connectivity index is 2.72. The molecule has 92 valence electrons. The fraction of sp³-hybridized carbons (Fsp3) is 0.818. The van der Waals surface area contributed by atoms with Gasteiger partial charge in [0, 0.05) is 29.5 Å². The van der Waals surface area contributed by atoms with Crippen molar-refractivity contribution in [2.75, 3.05) is 11.9 Å². The monoisotopic (exact) mass is 242 g/mol. The summed E-state index contributed by atoms with van der Waals surface area (Å²) in [5.74, 6) is 1.38. The molecule has 1 heterocycles. The molecule has 1 unspecified atom stereocenters. The average molecular weight is 242 g/mol. The number of anilines is 1. The van der Waals surface area contributed by atoms with E-state index in [1.54, 1.807) is 0 Å². The minimum absolute atomic E-state index is 0.00642. The molecule has 0 aliphatic heterocycles. The zero-order chi connectivity index (χ0) is 12.3. The van der Waals surface area contributed by atoms with Crippen molar-refractivity contribution in [1.29, 1.82) is 0 Å². The van der Waals surface area contributed by atoms with Crippen LogP contribution in [0.5, 0.6) is 0 Å². The molecular weight excluding hydrogens is 220 g/mol. The van der Waals surface area contributed by atoms with E-state index in [9.17, 15) is 0 Å². The van der Waals surface area contributed by atoms with Gasteiger partial charge in [0.05, 0.1) is 0 Å². The Morgan fingerprint density at radius 2 is 2.00 bits per heavy atom. The van der Waals surface area contributed by atoms with E-state index in [4.69, 9.17) is 5.73 Å². The van der Waals surface area contributed by atoms with Gasteiger partial charge < -0.3 is 11.1 Å². The summed E-state index contributed by atoms with van der Waals surface area (Å²) in [6.07, 6.45) is 0. The standard InChI is InChI=1S/C11H22N4S/c1-7(2)8(6-12)13-10-14-9(15-16-10)11(3,4)5/h7-8H,6,12H2,1-5H3,(H,13,14,15). The van der Waals surface area contributed by atoms with Crippen molar-refractivity contribution in [2.45, 2.75) is 46.1 Å². The smallest absolute Gasteiger partial charge is 0.202 e. The van der Waals surface area contributed by atoms with Crippen LogP contribution in [-0.2, 0) is 5.41 Å². The van der Waals surface area contributed by atoms with E-state index >= 15 is 0 Å². The first-order chi connectivity index (χ1) is 7.34. The van der Waals surface area contributed by atoms with Crippen LogP contribution in [0.1, 0.15) is 40.4 Å². The summed E-state index contributed by atoms with van der Waals surface area (Å²) in [6, 6.07) is 0.265. The number of rotatable bonds is 4. The molecule has 0 aliphatic rings. The molecule has 1 rings (SSSR count). The number of nitrogens with one attached hydrogen (secondary N) is 1. The van der Waals surface area contributed by atoms with Crippen LogP contribution in [0.2, 0.25) is 0 Å². The highest BCUT2D eigenvalue weighted by Gasteiger charge is 2.20. The summed E-state index contributed by atoms with van der Waals surface area (Å²) < 4.78 is 4.36. The molecule has 0 bridgehead atoms. The van der Waals surface area contributed by atoms with Crippen LogP contribution in [0.3, 0.4) is 0 Å². The molecule has 1 atom stereocenters. The van der Waals surface area contributed by atoms with E-state index < -0.39 is 0 Å². The summed E-state index contributed by atoms with van der Waals surface area (Å²) in [5, 5.41) is 4.21. The molecule has 1 aromatic rings. The zero-order valence-electron chi connectivity index (χ0n) is 10.7. The Morgan fingerprint density at radius 1 is 1.38 bits per heavy atom. The Hall–Kier alpha value is -0.680. The second-order valence-electron chi connectivity index (χ2n) is 5.40. The second-order valence-corrected chi connectivity index (χ2v) is 6.16. The van der Waals surface area contributed by atoms with Crippen LogP contribution in [0.25, 0.3) is 0 Å². The second kappa shape index (κ2) is 5.10. The summed E-state index contributed by atoms with van der Waals surface area (Å²) in [4.78, 5) is 4.49. The van der Waals surface area contributed by atoms with Gasteiger partial charge in [-0.05, 0) is 5.92 Å². The molecule has 3 N–H and O–H groups in total. The van der Waals surface area contributed by atoms with E-state index in [0.717, 1.165) is 11.0 Å². The van der Waals surface area contributed by atoms with Crippen molar-refractivity contribution < 1.29 is 0 Å². The summed E-state index contributed by atoms with van der Waals surface area (Å²) in [6.45, 7) is 11.2. The Morgan fingerprint density at radius 3 is 2.38 bits per heavy atom. The lowest BCUT2D eigenvalue weighted by atomic mass is 9.96. The Bertz CT molecular complexity index is 327. The van der Waals surface area contributed by atoms with Gasteiger partial charge in [0.25, 0.3) is 0 Å². The van der Waals surface area contributed by atoms with Crippen molar-refractivity contribution in [2.24, 2.45) is 11.7 Å². The predicted molar refractivity (Wildman–Crippen MR) is 69.9 cm³/mol.